The normalized spacial score (nSPS) is 15.9. The number of hydrogen-bond donors (Lipinski definition) is 2. The van der Waals surface area contributed by atoms with Gasteiger partial charge in [-0.05, 0) is 6.92 Å². The summed E-state index contributed by atoms with van der Waals surface area (Å²) in [6, 6.07) is 0. The highest BCUT2D eigenvalue weighted by Crippen LogP contribution is 1.85. The number of hydrogen-bond acceptors (Lipinski definition) is 7. The van der Waals surface area contributed by atoms with Crippen molar-refractivity contribution in [1.29, 1.82) is 0 Å². The first-order valence-corrected chi connectivity index (χ1v) is 5.36. The maximum atomic E-state index is 9.60. The molecule has 0 amide bonds. The molecule has 4 N–H and O–H groups in total. The molecular weight excluding hydrogens is 230 g/mol. The lowest BCUT2D eigenvalue weighted by Crippen LogP contribution is -2.16. The summed E-state index contributed by atoms with van der Waals surface area (Å²) in [5.74, 6) is 0. The molecule has 1 heterocycles. The van der Waals surface area contributed by atoms with E-state index in [1.165, 1.54) is 6.92 Å². The molecular formula is C6H17NO7S. The van der Waals surface area contributed by atoms with Gasteiger partial charge in [0.25, 0.3) is 0 Å². The fourth-order valence-corrected chi connectivity index (χ4v) is 0.767. The number of ether oxygens (including phenoxy) is 2. The van der Waals surface area contributed by atoms with Crippen molar-refractivity contribution in [2.45, 2.75) is 6.92 Å². The molecule has 94 valence electrons. The molecule has 15 heavy (non-hydrogen) atoms. The Hall–Kier alpha value is -0.290. The van der Waals surface area contributed by atoms with Crippen LogP contribution in [-0.4, -0.2) is 46.0 Å². The third kappa shape index (κ3) is 16.4. The Labute approximate surface area is 88.9 Å². The smallest absolute Gasteiger partial charge is 0.377 e. The van der Waals surface area contributed by atoms with Crippen molar-refractivity contribution in [1.82, 2.24) is 6.15 Å². The Balaban J connectivity index is 0. The van der Waals surface area contributed by atoms with Crippen molar-refractivity contribution in [3.63, 3.8) is 0 Å². The average molecular weight is 247 g/mol. The molecule has 1 aliphatic heterocycles. The van der Waals surface area contributed by atoms with Crippen LogP contribution in [0.2, 0.25) is 0 Å². The van der Waals surface area contributed by atoms with Gasteiger partial charge >= 0.3 is 10.4 Å². The molecule has 1 fully saturated rings. The molecule has 0 radical (unpaired) electrons. The van der Waals surface area contributed by atoms with E-state index in [1.54, 1.807) is 0 Å². The molecule has 0 aliphatic carbocycles. The highest BCUT2D eigenvalue weighted by atomic mass is 32.3. The summed E-state index contributed by atoms with van der Waals surface area (Å²) in [6.45, 7) is 4.70. The minimum absolute atomic E-state index is 0. The molecule has 0 aromatic rings. The molecule has 8 nitrogen and oxygen atoms in total. The Kier molecular flexibility index (Phi) is 11.7. The van der Waals surface area contributed by atoms with E-state index in [0.29, 0.717) is 0 Å². The third-order valence-corrected chi connectivity index (χ3v) is 1.26. The Bertz CT molecular complexity index is 202. The van der Waals surface area contributed by atoms with Crippen LogP contribution in [0.3, 0.4) is 0 Å². The first kappa shape index (κ1) is 17.1. The van der Waals surface area contributed by atoms with Gasteiger partial charge in [-0.1, -0.05) is 4.33 Å². The van der Waals surface area contributed by atoms with Gasteiger partial charge in [-0.2, -0.15) is 8.42 Å². The van der Waals surface area contributed by atoms with E-state index < -0.39 is 10.4 Å². The van der Waals surface area contributed by atoms with Gasteiger partial charge in [0.1, 0.15) is 0 Å². The maximum Gasteiger partial charge on any atom is 0.424 e. The lowest BCUT2D eigenvalue weighted by molar-refractivity contribution is -0.203. The van der Waals surface area contributed by atoms with Crippen LogP contribution >= 0.6 is 0 Å². The molecule has 0 spiro atoms. The Morgan fingerprint density at radius 3 is 1.73 bits per heavy atom. The first-order chi connectivity index (χ1) is 6.56. The summed E-state index contributed by atoms with van der Waals surface area (Å²) in [4.78, 5) is 3.86. The zero-order valence-electron chi connectivity index (χ0n) is 8.55. The third-order valence-electron chi connectivity index (χ3n) is 0.996. The summed E-state index contributed by atoms with van der Waals surface area (Å²) >= 11 is 0. The average Bonchev–Trinajstić information content (AvgIpc) is 2.17. The fourth-order valence-electron chi connectivity index (χ4n) is 0.549. The summed E-state index contributed by atoms with van der Waals surface area (Å²) in [7, 11) is -4.41. The minimum atomic E-state index is -4.41. The molecule has 1 saturated heterocycles. The molecule has 1 aliphatic rings. The van der Waals surface area contributed by atoms with E-state index >= 15 is 0 Å². The van der Waals surface area contributed by atoms with E-state index in [4.69, 9.17) is 14.0 Å². The summed E-state index contributed by atoms with van der Waals surface area (Å²) in [5.41, 5.74) is 0. The Morgan fingerprint density at radius 1 is 1.20 bits per heavy atom. The van der Waals surface area contributed by atoms with Crippen LogP contribution < -0.4 is 6.15 Å². The summed E-state index contributed by atoms with van der Waals surface area (Å²) < 4.78 is 40.3. The lowest BCUT2D eigenvalue weighted by Gasteiger charge is -2.09. The van der Waals surface area contributed by atoms with Crippen molar-refractivity contribution in [2.75, 3.05) is 33.0 Å². The van der Waals surface area contributed by atoms with E-state index in [1.807, 2.05) is 0 Å². The monoisotopic (exact) mass is 247 g/mol. The van der Waals surface area contributed by atoms with Gasteiger partial charge in [0, 0.05) is 0 Å². The molecule has 0 bridgehead atoms. The number of rotatable bonds is 3. The van der Waals surface area contributed by atoms with Gasteiger partial charge in [-0.25, -0.2) is 4.89 Å². The van der Waals surface area contributed by atoms with E-state index in [-0.39, 0.29) is 12.8 Å². The van der Waals surface area contributed by atoms with Crippen molar-refractivity contribution >= 4 is 10.4 Å². The molecule has 0 aromatic carbocycles. The highest BCUT2D eigenvalue weighted by molar-refractivity contribution is 7.80. The largest absolute Gasteiger partial charge is 0.424 e. The second-order valence-electron chi connectivity index (χ2n) is 2.13. The van der Waals surface area contributed by atoms with Crippen LogP contribution in [0.15, 0.2) is 0 Å². The van der Waals surface area contributed by atoms with Crippen LogP contribution in [0.1, 0.15) is 6.92 Å². The molecule has 0 unspecified atom stereocenters. The van der Waals surface area contributed by atoms with Crippen LogP contribution in [0, 0.1) is 0 Å². The summed E-state index contributed by atoms with van der Waals surface area (Å²) in [6.07, 6.45) is 0. The van der Waals surface area contributed by atoms with Gasteiger partial charge in [0.2, 0.25) is 0 Å². The molecule has 0 atom stereocenters. The van der Waals surface area contributed by atoms with Crippen molar-refractivity contribution < 1.29 is 31.7 Å². The van der Waals surface area contributed by atoms with Crippen molar-refractivity contribution in [3.05, 3.63) is 0 Å². The van der Waals surface area contributed by atoms with Crippen LogP contribution in [0.4, 0.5) is 0 Å². The summed E-state index contributed by atoms with van der Waals surface area (Å²) in [5, 5.41) is 0. The fraction of sp³-hybridized carbons (Fsp3) is 1.00. The topological polar surface area (TPSA) is 126 Å². The SMILES string of the molecule is C1COCCO1.CCOOS(=O)(=O)O.N. The van der Waals surface area contributed by atoms with Gasteiger partial charge in [0.15, 0.2) is 0 Å². The van der Waals surface area contributed by atoms with E-state index in [0.717, 1.165) is 26.4 Å². The molecule has 9 heteroatoms. The van der Waals surface area contributed by atoms with Gasteiger partial charge in [-0.3, -0.25) is 4.55 Å². The maximum absolute atomic E-state index is 9.60. The Morgan fingerprint density at radius 2 is 1.60 bits per heavy atom. The predicted octanol–water partition coefficient (Wildman–Crippen LogP) is -0.0475. The van der Waals surface area contributed by atoms with Crippen LogP contribution in [0.5, 0.6) is 0 Å². The van der Waals surface area contributed by atoms with Gasteiger partial charge in [0.05, 0.1) is 33.0 Å². The second-order valence-corrected chi connectivity index (χ2v) is 3.12. The molecule has 0 saturated carbocycles. The molecule has 0 aromatic heterocycles. The lowest BCUT2D eigenvalue weighted by atomic mass is 10.6. The van der Waals surface area contributed by atoms with E-state index in [9.17, 15) is 8.42 Å². The van der Waals surface area contributed by atoms with Crippen molar-refractivity contribution in [2.24, 2.45) is 0 Å². The van der Waals surface area contributed by atoms with Crippen molar-refractivity contribution in [3.8, 4) is 0 Å². The zero-order valence-corrected chi connectivity index (χ0v) is 9.36. The van der Waals surface area contributed by atoms with Gasteiger partial charge in [-0.15, -0.1) is 0 Å². The molecule has 1 rings (SSSR count). The predicted molar refractivity (Wildman–Crippen MR) is 50.9 cm³/mol. The van der Waals surface area contributed by atoms with Crippen LogP contribution in [-0.2, 0) is 29.1 Å². The zero-order chi connectivity index (χ0) is 10.9. The highest BCUT2D eigenvalue weighted by Gasteiger charge is 2.02. The quantitative estimate of drug-likeness (QED) is 0.404. The van der Waals surface area contributed by atoms with Crippen LogP contribution in [0.25, 0.3) is 0 Å². The van der Waals surface area contributed by atoms with Gasteiger partial charge < -0.3 is 15.6 Å². The second kappa shape index (κ2) is 10.2. The van der Waals surface area contributed by atoms with E-state index in [2.05, 4.69) is 9.22 Å². The first-order valence-electron chi connectivity index (χ1n) is 4.00. The minimum Gasteiger partial charge on any atom is -0.377 e. The standard InChI is InChI=1S/C4H8O2.C2H6O5S.H3N/c1-2-6-4-3-5-1;1-2-6-7-8(3,4)5;/h1-4H2;2H2,1H3,(H,3,4,5);1H3.